The van der Waals surface area contributed by atoms with E-state index in [4.69, 9.17) is 0 Å². The molecule has 0 spiro atoms. The SMILES string of the molecule is Cc1ccc(C)c(NC(=O)CN(C)[C@H](C)C(=O)N2CCN(Cc3ccccc3)CC2)c1. The maximum absolute atomic E-state index is 13.0. The molecule has 0 saturated carbocycles. The zero-order chi connectivity index (χ0) is 22.4. The molecule has 0 bridgehead atoms. The van der Waals surface area contributed by atoms with E-state index in [0.29, 0.717) is 0 Å². The summed E-state index contributed by atoms with van der Waals surface area (Å²) >= 11 is 0. The molecular formula is C25H34N4O2. The number of hydrogen-bond acceptors (Lipinski definition) is 4. The molecule has 6 heteroatoms. The van der Waals surface area contributed by atoms with Crippen molar-refractivity contribution < 1.29 is 9.59 Å². The second-order valence-corrected chi connectivity index (χ2v) is 8.54. The summed E-state index contributed by atoms with van der Waals surface area (Å²) in [7, 11) is 1.83. The standard InChI is InChI=1S/C25H34N4O2/c1-19-10-11-20(2)23(16-19)26-24(30)18-27(4)21(3)25(31)29-14-12-28(13-15-29)17-22-8-6-5-7-9-22/h5-11,16,21H,12-15,17-18H2,1-4H3,(H,26,30)/t21-/m1/s1. The predicted molar refractivity (Wildman–Crippen MR) is 125 cm³/mol. The highest BCUT2D eigenvalue weighted by atomic mass is 16.2. The maximum Gasteiger partial charge on any atom is 0.239 e. The minimum Gasteiger partial charge on any atom is -0.339 e. The molecule has 1 N–H and O–H groups in total. The largest absolute Gasteiger partial charge is 0.339 e. The minimum absolute atomic E-state index is 0.0846. The summed E-state index contributed by atoms with van der Waals surface area (Å²) in [5.74, 6) is -0.0232. The van der Waals surface area contributed by atoms with E-state index in [-0.39, 0.29) is 24.4 Å². The van der Waals surface area contributed by atoms with Crippen LogP contribution < -0.4 is 5.32 Å². The number of aryl methyl sites for hydroxylation is 2. The lowest BCUT2D eigenvalue weighted by molar-refractivity contribution is -0.138. The molecule has 1 heterocycles. The first-order chi connectivity index (χ1) is 14.8. The van der Waals surface area contributed by atoms with E-state index in [9.17, 15) is 9.59 Å². The van der Waals surface area contributed by atoms with Gasteiger partial charge >= 0.3 is 0 Å². The van der Waals surface area contributed by atoms with Crippen molar-refractivity contribution in [2.45, 2.75) is 33.4 Å². The van der Waals surface area contributed by atoms with E-state index in [0.717, 1.165) is 49.5 Å². The van der Waals surface area contributed by atoms with Gasteiger partial charge < -0.3 is 10.2 Å². The molecule has 3 rings (SSSR count). The van der Waals surface area contributed by atoms with Crippen molar-refractivity contribution in [2.24, 2.45) is 0 Å². The van der Waals surface area contributed by atoms with Gasteiger partial charge in [-0.2, -0.15) is 0 Å². The van der Waals surface area contributed by atoms with Crippen molar-refractivity contribution in [3.05, 3.63) is 65.2 Å². The summed E-state index contributed by atoms with van der Waals surface area (Å²) in [6.07, 6.45) is 0. The van der Waals surface area contributed by atoms with Gasteiger partial charge in [-0.05, 0) is 50.6 Å². The number of piperazine rings is 1. The summed E-state index contributed by atoms with van der Waals surface area (Å²) in [5, 5.41) is 2.97. The summed E-state index contributed by atoms with van der Waals surface area (Å²) in [5.41, 5.74) is 4.25. The normalized spacial score (nSPS) is 15.7. The van der Waals surface area contributed by atoms with Gasteiger partial charge in [-0.15, -0.1) is 0 Å². The Kier molecular flexibility index (Phi) is 7.82. The van der Waals surface area contributed by atoms with Crippen LogP contribution in [-0.2, 0) is 16.1 Å². The molecule has 6 nitrogen and oxygen atoms in total. The second-order valence-electron chi connectivity index (χ2n) is 8.54. The van der Waals surface area contributed by atoms with Crippen molar-refractivity contribution in [1.29, 1.82) is 0 Å². The van der Waals surface area contributed by atoms with Crippen LogP contribution in [0.4, 0.5) is 5.69 Å². The molecule has 0 unspecified atom stereocenters. The first-order valence-corrected chi connectivity index (χ1v) is 11.0. The van der Waals surface area contributed by atoms with E-state index >= 15 is 0 Å². The van der Waals surface area contributed by atoms with Crippen molar-refractivity contribution >= 4 is 17.5 Å². The van der Waals surface area contributed by atoms with Gasteiger partial charge in [0.25, 0.3) is 0 Å². The van der Waals surface area contributed by atoms with Crippen LogP contribution in [0.2, 0.25) is 0 Å². The average molecular weight is 423 g/mol. The van der Waals surface area contributed by atoms with Crippen LogP contribution in [0, 0.1) is 13.8 Å². The Labute approximate surface area is 185 Å². The molecule has 1 atom stereocenters. The van der Waals surface area contributed by atoms with E-state index in [1.54, 1.807) is 0 Å². The molecule has 1 saturated heterocycles. The number of likely N-dealkylation sites (N-methyl/N-ethyl adjacent to an activating group) is 1. The lowest BCUT2D eigenvalue weighted by Crippen LogP contribution is -2.54. The molecule has 1 aliphatic rings. The van der Waals surface area contributed by atoms with Crippen LogP contribution in [0.25, 0.3) is 0 Å². The Morgan fingerprint density at radius 1 is 1.03 bits per heavy atom. The molecular weight excluding hydrogens is 388 g/mol. The zero-order valence-electron chi connectivity index (χ0n) is 19.1. The quantitative estimate of drug-likeness (QED) is 0.746. The first-order valence-electron chi connectivity index (χ1n) is 11.0. The summed E-state index contributed by atoms with van der Waals surface area (Å²) < 4.78 is 0. The first kappa shape index (κ1) is 23.0. The van der Waals surface area contributed by atoms with Crippen molar-refractivity contribution in [3.8, 4) is 0 Å². The molecule has 0 aromatic heterocycles. The summed E-state index contributed by atoms with van der Waals surface area (Å²) in [6.45, 7) is 10.1. The van der Waals surface area contributed by atoms with Crippen LogP contribution in [-0.4, -0.2) is 72.3 Å². The van der Waals surface area contributed by atoms with Crippen molar-refractivity contribution in [3.63, 3.8) is 0 Å². The Balaban J connectivity index is 1.47. The van der Waals surface area contributed by atoms with Gasteiger partial charge in [0.2, 0.25) is 11.8 Å². The Morgan fingerprint density at radius 3 is 2.39 bits per heavy atom. The Bertz CT molecular complexity index is 892. The third-order valence-corrected chi connectivity index (χ3v) is 6.01. The highest BCUT2D eigenvalue weighted by Crippen LogP contribution is 2.16. The lowest BCUT2D eigenvalue weighted by atomic mass is 10.1. The topological polar surface area (TPSA) is 55.9 Å². The monoisotopic (exact) mass is 422 g/mol. The fourth-order valence-corrected chi connectivity index (χ4v) is 3.84. The number of hydrogen-bond donors (Lipinski definition) is 1. The fourth-order valence-electron chi connectivity index (χ4n) is 3.84. The molecule has 31 heavy (non-hydrogen) atoms. The zero-order valence-corrected chi connectivity index (χ0v) is 19.1. The van der Waals surface area contributed by atoms with Crippen LogP contribution in [0.15, 0.2) is 48.5 Å². The third kappa shape index (κ3) is 6.39. The van der Waals surface area contributed by atoms with E-state index in [1.165, 1.54) is 5.56 Å². The van der Waals surface area contributed by atoms with E-state index in [2.05, 4.69) is 34.5 Å². The number of carbonyl (C=O) groups excluding carboxylic acids is 2. The number of amides is 2. The molecule has 0 aliphatic carbocycles. The highest BCUT2D eigenvalue weighted by molar-refractivity contribution is 5.93. The highest BCUT2D eigenvalue weighted by Gasteiger charge is 2.28. The fraction of sp³-hybridized carbons (Fsp3) is 0.440. The molecule has 1 aliphatic heterocycles. The molecule has 1 fully saturated rings. The summed E-state index contributed by atoms with van der Waals surface area (Å²) in [6, 6.07) is 16.1. The van der Waals surface area contributed by atoms with Gasteiger partial charge in [0.15, 0.2) is 0 Å². The number of nitrogens with one attached hydrogen (secondary N) is 1. The van der Waals surface area contributed by atoms with Crippen LogP contribution >= 0.6 is 0 Å². The summed E-state index contributed by atoms with van der Waals surface area (Å²) in [4.78, 5) is 31.6. The second kappa shape index (κ2) is 10.6. The number of anilines is 1. The van der Waals surface area contributed by atoms with Gasteiger partial charge in [0.05, 0.1) is 12.6 Å². The Hall–Kier alpha value is -2.70. The van der Waals surface area contributed by atoms with Crippen molar-refractivity contribution in [1.82, 2.24) is 14.7 Å². The lowest BCUT2D eigenvalue weighted by Gasteiger charge is -2.37. The maximum atomic E-state index is 13.0. The molecule has 2 aromatic rings. The van der Waals surface area contributed by atoms with E-state index < -0.39 is 0 Å². The third-order valence-electron chi connectivity index (χ3n) is 6.01. The van der Waals surface area contributed by atoms with Gasteiger partial charge in [0, 0.05) is 38.4 Å². The molecule has 0 radical (unpaired) electrons. The number of benzene rings is 2. The van der Waals surface area contributed by atoms with E-state index in [1.807, 2.05) is 61.9 Å². The smallest absolute Gasteiger partial charge is 0.239 e. The number of rotatable bonds is 7. The van der Waals surface area contributed by atoms with Crippen LogP contribution in [0.5, 0.6) is 0 Å². The van der Waals surface area contributed by atoms with Crippen LogP contribution in [0.3, 0.4) is 0 Å². The van der Waals surface area contributed by atoms with Gasteiger partial charge in [0.1, 0.15) is 0 Å². The van der Waals surface area contributed by atoms with Gasteiger partial charge in [-0.3, -0.25) is 19.4 Å². The van der Waals surface area contributed by atoms with Crippen LogP contribution in [0.1, 0.15) is 23.6 Å². The van der Waals surface area contributed by atoms with Gasteiger partial charge in [-0.1, -0.05) is 42.5 Å². The Morgan fingerprint density at radius 2 is 1.71 bits per heavy atom. The molecule has 2 amide bonds. The minimum atomic E-state index is -0.343. The number of nitrogens with zero attached hydrogens (tertiary/aromatic N) is 3. The van der Waals surface area contributed by atoms with Crippen molar-refractivity contribution in [2.75, 3.05) is 45.1 Å². The number of carbonyl (C=O) groups is 2. The predicted octanol–water partition coefficient (Wildman–Crippen LogP) is 2.91. The molecule has 166 valence electrons. The average Bonchev–Trinajstić information content (AvgIpc) is 2.76. The molecule has 2 aromatic carbocycles. The van der Waals surface area contributed by atoms with Gasteiger partial charge in [-0.25, -0.2) is 0 Å².